The van der Waals surface area contributed by atoms with Crippen LogP contribution in [0.25, 0.3) is 0 Å². The van der Waals surface area contributed by atoms with Crippen LogP contribution in [-0.4, -0.2) is 18.2 Å². The molecule has 0 atom stereocenters. The Bertz CT molecular complexity index is 602. The number of rotatable bonds is 3. The van der Waals surface area contributed by atoms with Crippen LogP contribution in [0, 0.1) is 0 Å². The van der Waals surface area contributed by atoms with Gasteiger partial charge in [-0.3, -0.25) is 9.59 Å². The summed E-state index contributed by atoms with van der Waals surface area (Å²) in [5.41, 5.74) is 1.54. The lowest BCUT2D eigenvalue weighted by atomic mass is 10.1. The molecule has 0 aliphatic carbocycles. The second kappa shape index (κ2) is 4.97. The number of hydrogen-bond acceptors (Lipinski definition) is 3. The smallest absolute Gasteiger partial charge is 0.227 e. The van der Waals surface area contributed by atoms with Gasteiger partial charge in [0.1, 0.15) is 0 Å². The first-order valence-corrected chi connectivity index (χ1v) is 7.12. The summed E-state index contributed by atoms with van der Waals surface area (Å²) in [6.07, 6.45) is 1.53. The molecule has 1 aromatic carbocycles. The fraction of sp³-hybridized carbons (Fsp3) is 0.200. The third kappa shape index (κ3) is 2.31. The maximum Gasteiger partial charge on any atom is 0.227 e. The van der Waals surface area contributed by atoms with Crippen molar-refractivity contribution in [3.63, 3.8) is 0 Å². The first-order chi connectivity index (χ1) is 9.25. The number of amides is 1. The van der Waals surface area contributed by atoms with Crippen molar-refractivity contribution in [2.24, 2.45) is 0 Å². The molecule has 0 N–H and O–H groups in total. The van der Waals surface area contributed by atoms with Crippen LogP contribution in [0.1, 0.15) is 28.1 Å². The summed E-state index contributed by atoms with van der Waals surface area (Å²) >= 11 is 1.44. The van der Waals surface area contributed by atoms with Crippen LogP contribution in [0.2, 0.25) is 0 Å². The monoisotopic (exact) mass is 271 g/mol. The van der Waals surface area contributed by atoms with Crippen LogP contribution < -0.4 is 4.90 Å². The fourth-order valence-electron chi connectivity index (χ4n) is 2.26. The molecule has 0 spiro atoms. The summed E-state index contributed by atoms with van der Waals surface area (Å²) in [6.45, 7) is 0.775. The Labute approximate surface area is 115 Å². The van der Waals surface area contributed by atoms with Crippen LogP contribution in [-0.2, 0) is 4.79 Å². The van der Waals surface area contributed by atoms with E-state index in [2.05, 4.69) is 0 Å². The van der Waals surface area contributed by atoms with E-state index < -0.39 is 0 Å². The van der Waals surface area contributed by atoms with E-state index >= 15 is 0 Å². The summed E-state index contributed by atoms with van der Waals surface area (Å²) < 4.78 is 0. The topological polar surface area (TPSA) is 37.4 Å². The third-order valence-corrected chi connectivity index (χ3v) is 4.13. The van der Waals surface area contributed by atoms with Gasteiger partial charge in [0, 0.05) is 24.2 Å². The Hall–Kier alpha value is -1.94. The summed E-state index contributed by atoms with van der Waals surface area (Å²) in [4.78, 5) is 26.3. The van der Waals surface area contributed by atoms with E-state index in [-0.39, 0.29) is 11.7 Å². The third-order valence-electron chi connectivity index (χ3n) is 3.26. The second-order valence-corrected chi connectivity index (χ2v) is 5.45. The molecule has 96 valence electrons. The predicted octanol–water partition coefficient (Wildman–Crippen LogP) is 3.11. The SMILES string of the molecule is O=C(c1ccc(N2CCCC2=O)cc1)c1cccs1. The molecular weight excluding hydrogens is 258 g/mol. The number of carbonyl (C=O) groups excluding carboxylic acids is 2. The van der Waals surface area contributed by atoms with Crippen molar-refractivity contribution < 1.29 is 9.59 Å². The van der Waals surface area contributed by atoms with Gasteiger partial charge in [-0.1, -0.05) is 6.07 Å². The minimum Gasteiger partial charge on any atom is -0.312 e. The van der Waals surface area contributed by atoms with Crippen molar-refractivity contribution in [2.45, 2.75) is 12.8 Å². The first kappa shape index (κ1) is 12.1. The highest BCUT2D eigenvalue weighted by Crippen LogP contribution is 2.23. The molecule has 1 aliphatic heterocycles. The molecule has 3 nitrogen and oxygen atoms in total. The van der Waals surface area contributed by atoms with Gasteiger partial charge in [0.15, 0.2) is 0 Å². The number of thiophene rings is 1. The van der Waals surface area contributed by atoms with Gasteiger partial charge in [0.05, 0.1) is 4.88 Å². The highest BCUT2D eigenvalue weighted by atomic mass is 32.1. The van der Waals surface area contributed by atoms with Crippen molar-refractivity contribution >= 4 is 28.7 Å². The molecule has 1 aromatic heterocycles. The molecule has 2 heterocycles. The van der Waals surface area contributed by atoms with E-state index in [1.807, 2.05) is 29.6 Å². The molecule has 3 rings (SSSR count). The number of anilines is 1. The minimum atomic E-state index is 0.0364. The van der Waals surface area contributed by atoms with Crippen LogP contribution in [0.3, 0.4) is 0 Å². The summed E-state index contributed by atoms with van der Waals surface area (Å²) in [6, 6.07) is 11.0. The normalized spacial score (nSPS) is 14.9. The van der Waals surface area contributed by atoms with E-state index in [9.17, 15) is 9.59 Å². The molecule has 0 saturated carbocycles. The van der Waals surface area contributed by atoms with Gasteiger partial charge in [0.2, 0.25) is 11.7 Å². The molecular formula is C15H13NO2S. The van der Waals surface area contributed by atoms with Crippen LogP contribution >= 0.6 is 11.3 Å². The lowest BCUT2D eigenvalue weighted by Gasteiger charge is -2.15. The molecule has 1 saturated heterocycles. The zero-order valence-corrected chi connectivity index (χ0v) is 11.2. The van der Waals surface area contributed by atoms with Crippen LogP contribution in [0.5, 0.6) is 0 Å². The standard InChI is InChI=1S/C15H13NO2S/c17-14-4-1-9-16(14)12-7-5-11(6-8-12)15(18)13-3-2-10-19-13/h2-3,5-8,10H,1,4,9H2. The number of benzene rings is 1. The van der Waals surface area contributed by atoms with Crippen LogP contribution in [0.4, 0.5) is 5.69 Å². The predicted molar refractivity (Wildman–Crippen MR) is 75.8 cm³/mol. The Kier molecular flexibility index (Phi) is 3.17. The van der Waals surface area contributed by atoms with E-state index in [1.165, 1.54) is 11.3 Å². The molecule has 2 aromatic rings. The number of ketones is 1. The zero-order chi connectivity index (χ0) is 13.2. The Morgan fingerprint density at radius 3 is 2.53 bits per heavy atom. The van der Waals surface area contributed by atoms with Crippen LogP contribution in [0.15, 0.2) is 41.8 Å². The van der Waals surface area contributed by atoms with E-state index in [0.29, 0.717) is 12.0 Å². The van der Waals surface area contributed by atoms with Gasteiger partial charge in [-0.2, -0.15) is 0 Å². The average molecular weight is 271 g/mol. The number of carbonyl (C=O) groups is 2. The summed E-state index contributed by atoms with van der Waals surface area (Å²) in [5.74, 6) is 0.201. The molecule has 0 radical (unpaired) electrons. The van der Waals surface area contributed by atoms with Gasteiger partial charge in [-0.15, -0.1) is 11.3 Å². The van der Waals surface area contributed by atoms with Crippen molar-refractivity contribution in [3.8, 4) is 0 Å². The molecule has 0 bridgehead atoms. The first-order valence-electron chi connectivity index (χ1n) is 6.24. The minimum absolute atomic E-state index is 0.0364. The van der Waals surface area contributed by atoms with Crippen molar-refractivity contribution in [3.05, 3.63) is 52.2 Å². The highest BCUT2D eigenvalue weighted by molar-refractivity contribution is 7.12. The number of nitrogens with zero attached hydrogens (tertiary/aromatic N) is 1. The van der Waals surface area contributed by atoms with Crippen molar-refractivity contribution in [1.29, 1.82) is 0 Å². The van der Waals surface area contributed by atoms with Gasteiger partial charge >= 0.3 is 0 Å². The van der Waals surface area contributed by atoms with Crippen molar-refractivity contribution in [1.82, 2.24) is 0 Å². The van der Waals surface area contributed by atoms with E-state index in [0.717, 1.165) is 23.5 Å². The highest BCUT2D eigenvalue weighted by Gasteiger charge is 2.21. The summed E-state index contributed by atoms with van der Waals surface area (Å²) in [7, 11) is 0. The molecule has 19 heavy (non-hydrogen) atoms. The van der Waals surface area contributed by atoms with E-state index in [1.54, 1.807) is 17.0 Å². The Morgan fingerprint density at radius 1 is 1.16 bits per heavy atom. The zero-order valence-electron chi connectivity index (χ0n) is 10.3. The van der Waals surface area contributed by atoms with Gasteiger partial charge < -0.3 is 4.90 Å². The van der Waals surface area contributed by atoms with E-state index in [4.69, 9.17) is 0 Å². The van der Waals surface area contributed by atoms with Gasteiger partial charge in [-0.05, 0) is 42.1 Å². The second-order valence-electron chi connectivity index (χ2n) is 4.50. The number of hydrogen-bond donors (Lipinski definition) is 0. The molecule has 0 unspecified atom stereocenters. The van der Waals surface area contributed by atoms with Gasteiger partial charge in [0.25, 0.3) is 0 Å². The average Bonchev–Trinajstić information content (AvgIpc) is 3.09. The lowest BCUT2D eigenvalue weighted by Crippen LogP contribution is -2.23. The van der Waals surface area contributed by atoms with Gasteiger partial charge in [-0.25, -0.2) is 0 Å². The largest absolute Gasteiger partial charge is 0.312 e. The van der Waals surface area contributed by atoms with Crippen molar-refractivity contribution in [2.75, 3.05) is 11.4 Å². The maximum atomic E-state index is 12.1. The quantitative estimate of drug-likeness (QED) is 0.804. The molecule has 1 aliphatic rings. The molecule has 1 fully saturated rings. The molecule has 4 heteroatoms. The molecule has 1 amide bonds. The Morgan fingerprint density at radius 2 is 1.95 bits per heavy atom. The summed E-state index contributed by atoms with van der Waals surface area (Å²) in [5, 5.41) is 1.89. The lowest BCUT2D eigenvalue weighted by molar-refractivity contribution is -0.117. The maximum absolute atomic E-state index is 12.1. The Balaban J connectivity index is 1.83. The fourth-order valence-corrected chi connectivity index (χ4v) is 2.95.